The lowest BCUT2D eigenvalue weighted by Crippen LogP contribution is -2.26. The number of nitrogens with zero attached hydrogens (tertiary/aromatic N) is 1. The van der Waals surface area contributed by atoms with E-state index in [1.807, 2.05) is 0 Å². The van der Waals surface area contributed by atoms with E-state index in [0.717, 1.165) is 15.6 Å². The van der Waals surface area contributed by atoms with Crippen LogP contribution in [-0.2, 0) is 16.6 Å². The predicted octanol–water partition coefficient (Wildman–Crippen LogP) is 4.12. The van der Waals surface area contributed by atoms with Crippen molar-refractivity contribution in [2.75, 3.05) is 7.05 Å². The number of benzene rings is 1. The Morgan fingerprint density at radius 2 is 2.05 bits per heavy atom. The minimum atomic E-state index is -3.68. The highest BCUT2D eigenvalue weighted by atomic mass is 79.9. The number of thiophene rings is 1. The van der Waals surface area contributed by atoms with Crippen molar-refractivity contribution in [1.82, 2.24) is 4.31 Å². The average Bonchev–Trinajstić information content (AvgIpc) is 2.73. The van der Waals surface area contributed by atoms with Crippen LogP contribution in [0.4, 0.5) is 4.39 Å². The molecular weight excluding hydrogens is 389 g/mol. The molecule has 0 bridgehead atoms. The van der Waals surface area contributed by atoms with Crippen LogP contribution in [0, 0.1) is 5.82 Å². The molecule has 2 aromatic rings. The number of rotatable bonds is 4. The Kier molecular flexibility index (Phi) is 4.86. The summed E-state index contributed by atoms with van der Waals surface area (Å²) in [6.07, 6.45) is 0. The Bertz CT molecular complexity index is 713. The third-order valence-corrected chi connectivity index (χ3v) is 7.37. The van der Waals surface area contributed by atoms with Crippen molar-refractivity contribution in [1.29, 1.82) is 0 Å². The van der Waals surface area contributed by atoms with Gasteiger partial charge in [0, 0.05) is 19.2 Å². The quantitative estimate of drug-likeness (QED) is 0.777. The van der Waals surface area contributed by atoms with Crippen molar-refractivity contribution >= 4 is 48.9 Å². The molecule has 0 saturated heterocycles. The highest BCUT2D eigenvalue weighted by Crippen LogP contribution is 2.35. The lowest BCUT2D eigenvalue weighted by atomic mass is 10.2. The minimum Gasteiger partial charge on any atom is -0.207 e. The molecule has 0 aliphatic carbocycles. The molecule has 20 heavy (non-hydrogen) atoms. The average molecular weight is 399 g/mol. The fourth-order valence-corrected chi connectivity index (χ4v) is 5.32. The second-order valence-corrected chi connectivity index (χ2v) is 9.09. The zero-order chi connectivity index (χ0) is 14.9. The van der Waals surface area contributed by atoms with Crippen LogP contribution >= 0.6 is 38.9 Å². The molecule has 0 saturated carbocycles. The fourth-order valence-electron chi connectivity index (χ4n) is 1.56. The topological polar surface area (TPSA) is 37.4 Å². The summed E-state index contributed by atoms with van der Waals surface area (Å²) in [7, 11) is -2.28. The van der Waals surface area contributed by atoms with Gasteiger partial charge >= 0.3 is 0 Å². The van der Waals surface area contributed by atoms with E-state index in [0.29, 0.717) is 14.4 Å². The van der Waals surface area contributed by atoms with Gasteiger partial charge in [-0.3, -0.25) is 0 Å². The molecule has 0 fully saturated rings. The maximum absolute atomic E-state index is 13.6. The number of halogens is 3. The largest absolute Gasteiger partial charge is 0.252 e. The predicted molar refractivity (Wildman–Crippen MR) is 82.1 cm³/mol. The lowest BCUT2D eigenvalue weighted by Gasteiger charge is -2.16. The van der Waals surface area contributed by atoms with E-state index >= 15 is 0 Å². The van der Waals surface area contributed by atoms with E-state index in [4.69, 9.17) is 11.6 Å². The van der Waals surface area contributed by atoms with Gasteiger partial charge in [-0.1, -0.05) is 29.8 Å². The van der Waals surface area contributed by atoms with Crippen molar-refractivity contribution in [2.45, 2.75) is 10.8 Å². The lowest BCUT2D eigenvalue weighted by molar-refractivity contribution is 0.458. The minimum absolute atomic E-state index is 0.0395. The van der Waals surface area contributed by atoms with Crippen LogP contribution in [0.3, 0.4) is 0 Å². The molecule has 0 radical (unpaired) electrons. The van der Waals surface area contributed by atoms with Gasteiger partial charge in [-0.15, -0.1) is 11.3 Å². The van der Waals surface area contributed by atoms with E-state index in [2.05, 4.69) is 15.9 Å². The molecule has 0 amide bonds. The summed E-state index contributed by atoms with van der Waals surface area (Å²) in [6.45, 7) is -0.0395. The molecule has 1 heterocycles. The molecule has 0 N–H and O–H groups in total. The zero-order valence-electron chi connectivity index (χ0n) is 10.3. The van der Waals surface area contributed by atoms with Gasteiger partial charge in [0.25, 0.3) is 10.0 Å². The van der Waals surface area contributed by atoms with Crippen LogP contribution in [0.2, 0.25) is 5.02 Å². The Morgan fingerprint density at radius 1 is 1.40 bits per heavy atom. The normalized spacial score (nSPS) is 12.1. The van der Waals surface area contributed by atoms with Gasteiger partial charge in [-0.25, -0.2) is 12.8 Å². The van der Waals surface area contributed by atoms with E-state index in [1.165, 1.54) is 19.2 Å². The molecule has 0 spiro atoms. The van der Waals surface area contributed by atoms with E-state index < -0.39 is 15.8 Å². The van der Waals surface area contributed by atoms with Crippen LogP contribution < -0.4 is 0 Å². The van der Waals surface area contributed by atoms with Gasteiger partial charge in [0.05, 0.1) is 8.81 Å². The van der Waals surface area contributed by atoms with Crippen molar-refractivity contribution in [3.05, 3.63) is 50.5 Å². The summed E-state index contributed by atoms with van der Waals surface area (Å²) in [5.74, 6) is -0.431. The van der Waals surface area contributed by atoms with E-state index in [-0.39, 0.29) is 10.8 Å². The Balaban J connectivity index is 2.28. The smallest absolute Gasteiger partial charge is 0.207 e. The molecule has 0 aliphatic heterocycles. The molecule has 0 unspecified atom stereocenters. The van der Waals surface area contributed by atoms with Gasteiger partial charge in [0.1, 0.15) is 10.0 Å². The SMILES string of the molecule is CN(Cc1ccccc1F)S(=O)(=O)c1cc(Cl)c(Br)s1. The Labute approximate surface area is 134 Å². The molecule has 0 atom stereocenters. The zero-order valence-corrected chi connectivity index (χ0v) is 14.3. The monoisotopic (exact) mass is 397 g/mol. The Morgan fingerprint density at radius 3 is 2.60 bits per heavy atom. The number of sulfonamides is 1. The van der Waals surface area contributed by atoms with Crippen LogP contribution in [0.25, 0.3) is 0 Å². The highest BCUT2D eigenvalue weighted by Gasteiger charge is 2.25. The Hall–Kier alpha value is -0.470. The first-order valence-corrected chi connectivity index (χ1v) is 8.89. The third kappa shape index (κ3) is 3.23. The van der Waals surface area contributed by atoms with E-state index in [1.54, 1.807) is 18.2 Å². The molecule has 1 aromatic heterocycles. The van der Waals surface area contributed by atoms with Crippen molar-refractivity contribution in [3.8, 4) is 0 Å². The van der Waals surface area contributed by atoms with Crippen molar-refractivity contribution in [2.24, 2.45) is 0 Å². The second kappa shape index (κ2) is 6.11. The van der Waals surface area contributed by atoms with Gasteiger partial charge in [-0.2, -0.15) is 4.31 Å². The standard InChI is InChI=1S/C12H10BrClFNO2S2/c1-16(7-8-4-2-3-5-10(8)15)20(17,18)11-6-9(14)12(13)19-11/h2-6H,7H2,1H3. The van der Waals surface area contributed by atoms with Gasteiger partial charge < -0.3 is 0 Å². The molecule has 1 aromatic carbocycles. The molecule has 3 nitrogen and oxygen atoms in total. The van der Waals surface area contributed by atoms with Crippen LogP contribution in [0.5, 0.6) is 0 Å². The van der Waals surface area contributed by atoms with Gasteiger partial charge in [-0.05, 0) is 28.1 Å². The maximum Gasteiger partial charge on any atom is 0.252 e. The van der Waals surface area contributed by atoms with Crippen LogP contribution in [-0.4, -0.2) is 19.8 Å². The first kappa shape index (κ1) is 15.9. The van der Waals surface area contributed by atoms with Gasteiger partial charge in [0.2, 0.25) is 0 Å². The molecular formula is C12H10BrClFNO2S2. The van der Waals surface area contributed by atoms with Crippen molar-refractivity contribution < 1.29 is 12.8 Å². The highest BCUT2D eigenvalue weighted by molar-refractivity contribution is 9.11. The summed E-state index contributed by atoms with van der Waals surface area (Å²) in [4.78, 5) is 0. The van der Waals surface area contributed by atoms with Gasteiger partial charge in [0.15, 0.2) is 0 Å². The van der Waals surface area contributed by atoms with Crippen LogP contribution in [0.1, 0.15) is 5.56 Å². The number of hydrogen-bond donors (Lipinski definition) is 0. The third-order valence-electron chi connectivity index (χ3n) is 2.64. The molecule has 2 rings (SSSR count). The fraction of sp³-hybridized carbons (Fsp3) is 0.167. The van der Waals surface area contributed by atoms with E-state index in [9.17, 15) is 12.8 Å². The molecule has 108 valence electrons. The molecule has 0 aliphatic rings. The maximum atomic E-state index is 13.6. The second-order valence-electron chi connectivity index (χ2n) is 4.04. The summed E-state index contributed by atoms with van der Waals surface area (Å²) in [5.41, 5.74) is 0.320. The first-order valence-electron chi connectivity index (χ1n) is 5.47. The van der Waals surface area contributed by atoms with Crippen molar-refractivity contribution in [3.63, 3.8) is 0 Å². The van der Waals surface area contributed by atoms with Crippen LogP contribution in [0.15, 0.2) is 38.3 Å². The summed E-state index contributed by atoms with van der Waals surface area (Å²) in [6, 6.07) is 7.46. The molecule has 8 heteroatoms. The summed E-state index contributed by atoms with van der Waals surface area (Å²) in [5, 5.41) is 0.341. The first-order chi connectivity index (χ1) is 9.32. The number of hydrogen-bond acceptors (Lipinski definition) is 3. The summed E-state index contributed by atoms with van der Waals surface area (Å²) < 4.78 is 40.0. The summed E-state index contributed by atoms with van der Waals surface area (Å²) >= 11 is 10.1.